The van der Waals surface area contributed by atoms with Gasteiger partial charge in [0.1, 0.15) is 0 Å². The minimum absolute atomic E-state index is 0.565. The molecule has 238 valence electrons. The standard InChI is InChI=1S/C37H74N2S/c1-3-5-7-9-11-13-15-17-19-21-23-25-27-29-31-37-38-33-35-39(37)34-32-36(40)30-28-26-24-22-20-18-16-14-12-10-8-6-4-2/h36,40H,3-35H2,1-2H3. The Morgan fingerprint density at radius 3 is 1.32 bits per heavy atom. The fourth-order valence-electron chi connectivity index (χ4n) is 6.33. The molecule has 1 atom stereocenters. The van der Waals surface area contributed by atoms with Crippen LogP contribution in [0.2, 0.25) is 0 Å². The fourth-order valence-corrected chi connectivity index (χ4v) is 6.63. The number of thiol groups is 1. The summed E-state index contributed by atoms with van der Waals surface area (Å²) in [6.45, 7) is 7.94. The van der Waals surface area contributed by atoms with Crippen LogP contribution in [0.5, 0.6) is 0 Å². The van der Waals surface area contributed by atoms with Crippen molar-refractivity contribution in [3.8, 4) is 0 Å². The molecule has 1 aliphatic heterocycles. The number of unbranched alkanes of at least 4 members (excludes halogenated alkanes) is 25. The molecule has 0 aromatic heterocycles. The first-order chi connectivity index (χ1) is 19.8. The fraction of sp³-hybridized carbons (Fsp3) is 0.973. The lowest BCUT2D eigenvalue weighted by molar-refractivity contribution is 0.425. The molecule has 2 nitrogen and oxygen atoms in total. The van der Waals surface area contributed by atoms with Crippen LogP contribution >= 0.6 is 12.6 Å². The topological polar surface area (TPSA) is 15.6 Å². The van der Waals surface area contributed by atoms with E-state index in [2.05, 4.69) is 18.7 Å². The van der Waals surface area contributed by atoms with Gasteiger partial charge in [0.15, 0.2) is 0 Å². The first-order valence-corrected chi connectivity index (χ1v) is 19.3. The third kappa shape index (κ3) is 24.4. The lowest BCUT2D eigenvalue weighted by atomic mass is 10.0. The molecule has 0 saturated heterocycles. The second-order valence-electron chi connectivity index (χ2n) is 13.1. The van der Waals surface area contributed by atoms with Crippen LogP contribution in [0.3, 0.4) is 0 Å². The van der Waals surface area contributed by atoms with Gasteiger partial charge in [0.05, 0.1) is 12.4 Å². The van der Waals surface area contributed by atoms with Crippen LogP contribution < -0.4 is 0 Å². The number of rotatable bonds is 32. The van der Waals surface area contributed by atoms with Crippen LogP contribution in [-0.4, -0.2) is 35.6 Å². The molecule has 1 aliphatic rings. The van der Waals surface area contributed by atoms with Crippen molar-refractivity contribution in [3.05, 3.63) is 0 Å². The molecule has 0 bridgehead atoms. The molecule has 3 heteroatoms. The largest absolute Gasteiger partial charge is 0.358 e. The van der Waals surface area contributed by atoms with E-state index in [0.29, 0.717) is 5.25 Å². The van der Waals surface area contributed by atoms with Gasteiger partial charge < -0.3 is 4.90 Å². The maximum atomic E-state index is 4.94. The molecule has 40 heavy (non-hydrogen) atoms. The van der Waals surface area contributed by atoms with Gasteiger partial charge in [-0.2, -0.15) is 12.6 Å². The summed E-state index contributed by atoms with van der Waals surface area (Å²) < 4.78 is 0. The molecular formula is C37H74N2S. The molecule has 0 aliphatic carbocycles. The number of hydrogen-bond donors (Lipinski definition) is 1. The highest BCUT2D eigenvalue weighted by Gasteiger charge is 2.17. The van der Waals surface area contributed by atoms with Crippen molar-refractivity contribution in [1.29, 1.82) is 0 Å². The van der Waals surface area contributed by atoms with Crippen molar-refractivity contribution < 1.29 is 0 Å². The Hall–Kier alpha value is -0.180. The molecule has 1 heterocycles. The highest BCUT2D eigenvalue weighted by Crippen LogP contribution is 2.19. The second kappa shape index (κ2) is 30.3. The molecule has 0 aromatic rings. The van der Waals surface area contributed by atoms with Crippen LogP contribution in [0, 0.1) is 0 Å². The lowest BCUT2D eigenvalue weighted by Gasteiger charge is -2.22. The van der Waals surface area contributed by atoms with E-state index >= 15 is 0 Å². The van der Waals surface area contributed by atoms with E-state index in [9.17, 15) is 0 Å². The van der Waals surface area contributed by atoms with Gasteiger partial charge in [0, 0.05) is 24.8 Å². The van der Waals surface area contributed by atoms with Gasteiger partial charge >= 0.3 is 0 Å². The summed E-state index contributed by atoms with van der Waals surface area (Å²) in [5, 5.41) is 0.565. The predicted octanol–water partition coefficient (Wildman–Crippen LogP) is 12.7. The average Bonchev–Trinajstić information content (AvgIpc) is 3.41. The minimum atomic E-state index is 0.565. The average molecular weight is 579 g/mol. The molecule has 0 aromatic carbocycles. The molecule has 0 fully saturated rings. The van der Waals surface area contributed by atoms with Gasteiger partial charge in [-0.25, -0.2) is 0 Å². The second-order valence-corrected chi connectivity index (χ2v) is 13.8. The molecule has 0 radical (unpaired) electrons. The van der Waals surface area contributed by atoms with Gasteiger partial charge in [0.25, 0.3) is 0 Å². The first kappa shape index (κ1) is 37.8. The molecular weight excluding hydrogens is 504 g/mol. The van der Waals surface area contributed by atoms with Gasteiger partial charge in [-0.05, 0) is 19.3 Å². The molecule has 0 spiro atoms. The zero-order chi connectivity index (χ0) is 28.8. The number of nitrogens with zero attached hydrogens (tertiary/aromatic N) is 2. The first-order valence-electron chi connectivity index (χ1n) is 18.7. The summed E-state index contributed by atoms with van der Waals surface area (Å²) in [5.74, 6) is 1.40. The Labute approximate surface area is 259 Å². The Balaban J connectivity index is 1.87. The maximum absolute atomic E-state index is 4.94. The van der Waals surface area contributed by atoms with Crippen molar-refractivity contribution in [3.63, 3.8) is 0 Å². The molecule has 0 amide bonds. The third-order valence-electron chi connectivity index (χ3n) is 9.16. The van der Waals surface area contributed by atoms with E-state index in [1.54, 1.807) is 0 Å². The molecule has 0 N–H and O–H groups in total. The zero-order valence-corrected chi connectivity index (χ0v) is 28.6. The normalized spacial score (nSPS) is 14.3. The SMILES string of the molecule is CCCCCCCCCCCCCCCCC1=NCCN1CCC(S)CCCCCCCCCCCCCCC. The Morgan fingerprint density at radius 1 is 0.525 bits per heavy atom. The van der Waals surface area contributed by atoms with Gasteiger partial charge in [-0.1, -0.05) is 181 Å². The summed E-state index contributed by atoms with van der Waals surface area (Å²) in [5.41, 5.74) is 0. The van der Waals surface area contributed by atoms with Crippen molar-refractivity contribution >= 4 is 18.5 Å². The quantitative estimate of drug-likeness (QED) is 0.0620. The Morgan fingerprint density at radius 2 is 0.900 bits per heavy atom. The minimum Gasteiger partial charge on any atom is -0.358 e. The van der Waals surface area contributed by atoms with Crippen LogP contribution in [0.4, 0.5) is 0 Å². The summed E-state index contributed by atoms with van der Waals surface area (Å²) in [7, 11) is 0. The van der Waals surface area contributed by atoms with Crippen LogP contribution in [0.1, 0.15) is 206 Å². The van der Waals surface area contributed by atoms with Crippen LogP contribution in [0.15, 0.2) is 4.99 Å². The summed E-state index contributed by atoms with van der Waals surface area (Å²) in [6.07, 6.45) is 42.4. The van der Waals surface area contributed by atoms with E-state index < -0.39 is 0 Å². The summed E-state index contributed by atoms with van der Waals surface area (Å²) in [4.78, 5) is 7.43. The van der Waals surface area contributed by atoms with E-state index in [1.165, 1.54) is 205 Å². The van der Waals surface area contributed by atoms with Crippen molar-refractivity contribution in [2.75, 3.05) is 19.6 Å². The smallest absolute Gasteiger partial charge is 0.0990 e. The highest BCUT2D eigenvalue weighted by atomic mass is 32.1. The predicted molar refractivity (Wildman–Crippen MR) is 187 cm³/mol. The third-order valence-corrected chi connectivity index (χ3v) is 9.67. The number of aliphatic imine (C=N–C) groups is 1. The molecule has 1 unspecified atom stereocenters. The van der Waals surface area contributed by atoms with E-state index in [-0.39, 0.29) is 0 Å². The van der Waals surface area contributed by atoms with E-state index in [0.717, 1.165) is 13.1 Å². The monoisotopic (exact) mass is 579 g/mol. The number of amidine groups is 1. The lowest BCUT2D eigenvalue weighted by Crippen LogP contribution is -2.30. The van der Waals surface area contributed by atoms with Gasteiger partial charge in [0.2, 0.25) is 0 Å². The summed E-state index contributed by atoms with van der Waals surface area (Å²) >= 11 is 4.94. The van der Waals surface area contributed by atoms with Crippen molar-refractivity contribution in [1.82, 2.24) is 4.90 Å². The van der Waals surface area contributed by atoms with Crippen LogP contribution in [-0.2, 0) is 0 Å². The summed E-state index contributed by atoms with van der Waals surface area (Å²) in [6, 6.07) is 0. The zero-order valence-electron chi connectivity index (χ0n) is 27.8. The van der Waals surface area contributed by atoms with Crippen LogP contribution in [0.25, 0.3) is 0 Å². The Kier molecular flexibility index (Phi) is 28.7. The van der Waals surface area contributed by atoms with E-state index in [1.807, 2.05) is 0 Å². The Bertz CT molecular complexity index is 534. The van der Waals surface area contributed by atoms with Gasteiger partial charge in [-0.3, -0.25) is 4.99 Å². The van der Waals surface area contributed by atoms with Gasteiger partial charge in [-0.15, -0.1) is 0 Å². The highest BCUT2D eigenvalue weighted by molar-refractivity contribution is 7.80. The molecule has 1 rings (SSSR count). The molecule has 0 saturated carbocycles. The maximum Gasteiger partial charge on any atom is 0.0990 e. The van der Waals surface area contributed by atoms with Crippen molar-refractivity contribution in [2.24, 2.45) is 4.99 Å². The number of hydrogen-bond acceptors (Lipinski definition) is 3. The van der Waals surface area contributed by atoms with E-state index in [4.69, 9.17) is 17.6 Å². The van der Waals surface area contributed by atoms with Crippen molar-refractivity contribution in [2.45, 2.75) is 212 Å².